The van der Waals surface area contributed by atoms with Crippen LogP contribution in [-0.2, 0) is 16.0 Å². The summed E-state index contributed by atoms with van der Waals surface area (Å²) in [5.41, 5.74) is 6.73. The highest BCUT2D eigenvalue weighted by Gasteiger charge is 2.24. The molecule has 0 unspecified atom stereocenters. The fraction of sp³-hybridized carbons (Fsp3) is 0.462. The van der Waals surface area contributed by atoms with E-state index in [1.807, 2.05) is 0 Å². The highest BCUT2D eigenvalue weighted by atomic mass is 16.2. The third kappa shape index (κ3) is 4.24. The van der Waals surface area contributed by atoms with Gasteiger partial charge < -0.3 is 16.0 Å². The first-order valence-corrected chi connectivity index (χ1v) is 6.28. The summed E-state index contributed by atoms with van der Waals surface area (Å²) in [7, 11) is 1.62. The zero-order valence-electron chi connectivity index (χ0n) is 10.9. The molecule has 1 heterocycles. The van der Waals surface area contributed by atoms with E-state index in [0.29, 0.717) is 17.4 Å². The number of carbonyl (C=O) groups is 2. The highest BCUT2D eigenvalue weighted by Crippen LogP contribution is 2.18. The van der Waals surface area contributed by atoms with Gasteiger partial charge in [-0.3, -0.25) is 14.6 Å². The highest BCUT2D eigenvalue weighted by molar-refractivity contribution is 5.85. The Bertz CT molecular complexity index is 468. The second kappa shape index (κ2) is 5.69. The van der Waals surface area contributed by atoms with Gasteiger partial charge in [-0.05, 0) is 25.0 Å². The lowest BCUT2D eigenvalue weighted by molar-refractivity contribution is -0.134. The topological polar surface area (TPSA) is 88.3 Å². The van der Waals surface area contributed by atoms with Crippen LogP contribution in [0.2, 0.25) is 0 Å². The van der Waals surface area contributed by atoms with Crippen LogP contribution in [0.4, 0.5) is 5.69 Å². The fourth-order valence-electron chi connectivity index (χ4n) is 1.63. The average Bonchev–Trinajstić information content (AvgIpc) is 3.15. The van der Waals surface area contributed by atoms with Gasteiger partial charge in [0.2, 0.25) is 11.8 Å². The second-order valence-corrected chi connectivity index (χ2v) is 4.85. The van der Waals surface area contributed by atoms with Crippen LogP contribution in [0.25, 0.3) is 0 Å². The number of anilines is 1. The van der Waals surface area contributed by atoms with Crippen molar-refractivity contribution in [3.63, 3.8) is 0 Å². The summed E-state index contributed by atoms with van der Waals surface area (Å²) in [6, 6.07) is 3.73. The van der Waals surface area contributed by atoms with Crippen molar-refractivity contribution in [1.29, 1.82) is 0 Å². The van der Waals surface area contributed by atoms with Gasteiger partial charge in [-0.25, -0.2) is 0 Å². The van der Waals surface area contributed by atoms with E-state index < -0.39 is 0 Å². The minimum atomic E-state index is -0.136. The molecule has 6 heteroatoms. The van der Waals surface area contributed by atoms with Gasteiger partial charge in [0.05, 0.1) is 24.8 Å². The van der Waals surface area contributed by atoms with E-state index in [-0.39, 0.29) is 24.8 Å². The Morgan fingerprint density at radius 2 is 2.21 bits per heavy atom. The smallest absolute Gasteiger partial charge is 0.239 e. The molecule has 0 radical (unpaired) electrons. The van der Waals surface area contributed by atoms with Crippen LogP contribution in [0.1, 0.15) is 18.5 Å². The van der Waals surface area contributed by atoms with Gasteiger partial charge in [0.1, 0.15) is 0 Å². The number of nitrogen functional groups attached to an aromatic ring is 1. The molecule has 0 saturated heterocycles. The van der Waals surface area contributed by atoms with Gasteiger partial charge in [0.25, 0.3) is 0 Å². The van der Waals surface area contributed by atoms with Crippen LogP contribution in [0, 0.1) is 0 Å². The summed E-state index contributed by atoms with van der Waals surface area (Å²) in [5.74, 6) is -0.244. The number of nitrogens with one attached hydrogen (secondary N) is 1. The Morgan fingerprint density at radius 1 is 1.47 bits per heavy atom. The van der Waals surface area contributed by atoms with Gasteiger partial charge in [-0.1, -0.05) is 0 Å². The van der Waals surface area contributed by atoms with Crippen molar-refractivity contribution in [3.05, 3.63) is 24.0 Å². The molecule has 1 aromatic rings. The molecule has 0 bridgehead atoms. The first-order valence-electron chi connectivity index (χ1n) is 6.28. The monoisotopic (exact) mass is 262 g/mol. The van der Waals surface area contributed by atoms with Crippen LogP contribution in [0.3, 0.4) is 0 Å². The number of carbonyl (C=O) groups excluding carboxylic acids is 2. The Labute approximate surface area is 112 Å². The van der Waals surface area contributed by atoms with Crippen molar-refractivity contribution in [2.75, 3.05) is 19.3 Å². The van der Waals surface area contributed by atoms with Gasteiger partial charge in [-0.2, -0.15) is 0 Å². The third-order valence-corrected chi connectivity index (χ3v) is 2.93. The number of pyridine rings is 1. The molecule has 1 aliphatic rings. The summed E-state index contributed by atoms with van der Waals surface area (Å²) >= 11 is 0. The van der Waals surface area contributed by atoms with Crippen LogP contribution in [0.15, 0.2) is 18.3 Å². The number of rotatable bonds is 5. The standard InChI is InChI=1S/C13H18N4O2/c1-17(8-12(18)16-10-4-5-10)13(19)6-11-3-2-9(14)7-15-11/h2-3,7,10H,4-6,8,14H2,1H3,(H,16,18). The lowest BCUT2D eigenvalue weighted by atomic mass is 10.2. The summed E-state index contributed by atoms with van der Waals surface area (Å²) in [5, 5.41) is 2.85. The molecule has 3 N–H and O–H groups in total. The molecule has 2 rings (SSSR count). The molecule has 1 saturated carbocycles. The van der Waals surface area contributed by atoms with Gasteiger partial charge in [0, 0.05) is 18.8 Å². The third-order valence-electron chi connectivity index (χ3n) is 2.93. The lowest BCUT2D eigenvalue weighted by Gasteiger charge is -2.16. The molecule has 1 aliphatic carbocycles. The Balaban J connectivity index is 1.80. The quantitative estimate of drug-likeness (QED) is 0.778. The number of hydrogen-bond acceptors (Lipinski definition) is 4. The van der Waals surface area contributed by atoms with Crippen LogP contribution in [-0.4, -0.2) is 41.3 Å². The van der Waals surface area contributed by atoms with E-state index in [4.69, 9.17) is 5.73 Å². The summed E-state index contributed by atoms with van der Waals surface area (Å²) in [6.07, 6.45) is 3.77. The maximum Gasteiger partial charge on any atom is 0.239 e. The van der Waals surface area contributed by atoms with Crippen molar-refractivity contribution in [3.8, 4) is 0 Å². The molecule has 6 nitrogen and oxygen atoms in total. The maximum absolute atomic E-state index is 11.9. The minimum Gasteiger partial charge on any atom is -0.397 e. The number of aromatic nitrogens is 1. The largest absolute Gasteiger partial charge is 0.397 e. The lowest BCUT2D eigenvalue weighted by Crippen LogP contribution is -2.39. The first-order chi connectivity index (χ1) is 9.04. The van der Waals surface area contributed by atoms with Crippen molar-refractivity contribution < 1.29 is 9.59 Å². The first kappa shape index (κ1) is 13.3. The fourth-order valence-corrected chi connectivity index (χ4v) is 1.63. The molecular formula is C13H18N4O2. The number of nitrogens with zero attached hydrogens (tertiary/aromatic N) is 2. The normalized spacial score (nSPS) is 13.9. The maximum atomic E-state index is 11.9. The SMILES string of the molecule is CN(CC(=O)NC1CC1)C(=O)Cc1ccc(N)cn1. The van der Waals surface area contributed by atoms with Gasteiger partial charge in [0.15, 0.2) is 0 Å². The van der Waals surface area contributed by atoms with E-state index in [0.717, 1.165) is 12.8 Å². The Kier molecular flexibility index (Phi) is 3.99. The van der Waals surface area contributed by atoms with E-state index >= 15 is 0 Å². The zero-order chi connectivity index (χ0) is 13.8. The number of likely N-dealkylation sites (N-methyl/N-ethyl adjacent to an activating group) is 1. The zero-order valence-corrected chi connectivity index (χ0v) is 10.9. The second-order valence-electron chi connectivity index (χ2n) is 4.85. The van der Waals surface area contributed by atoms with E-state index in [2.05, 4.69) is 10.3 Å². The van der Waals surface area contributed by atoms with Gasteiger partial charge >= 0.3 is 0 Å². The Morgan fingerprint density at radius 3 is 2.79 bits per heavy atom. The van der Waals surface area contributed by atoms with Crippen LogP contribution in [0.5, 0.6) is 0 Å². The predicted molar refractivity (Wildman–Crippen MR) is 71.2 cm³/mol. The summed E-state index contributed by atoms with van der Waals surface area (Å²) in [6.45, 7) is 0.0876. The summed E-state index contributed by atoms with van der Waals surface area (Å²) in [4.78, 5) is 29.0. The molecule has 0 aliphatic heterocycles. The molecule has 1 fully saturated rings. The van der Waals surface area contributed by atoms with Crippen molar-refractivity contribution in [1.82, 2.24) is 15.2 Å². The number of hydrogen-bond donors (Lipinski definition) is 2. The van der Waals surface area contributed by atoms with Gasteiger partial charge in [-0.15, -0.1) is 0 Å². The summed E-state index contributed by atoms with van der Waals surface area (Å²) < 4.78 is 0. The number of amides is 2. The molecule has 0 spiro atoms. The molecule has 19 heavy (non-hydrogen) atoms. The van der Waals surface area contributed by atoms with Crippen molar-refractivity contribution in [2.45, 2.75) is 25.3 Å². The molecule has 1 aromatic heterocycles. The molecule has 0 atom stereocenters. The molecule has 102 valence electrons. The van der Waals surface area contributed by atoms with Crippen molar-refractivity contribution in [2.24, 2.45) is 0 Å². The predicted octanol–water partition coefficient (Wildman–Crippen LogP) is -0.0567. The van der Waals surface area contributed by atoms with Crippen LogP contribution >= 0.6 is 0 Å². The van der Waals surface area contributed by atoms with Crippen molar-refractivity contribution >= 4 is 17.5 Å². The minimum absolute atomic E-state index is 0.0876. The molecule has 2 amide bonds. The average molecular weight is 262 g/mol. The van der Waals surface area contributed by atoms with E-state index in [1.165, 1.54) is 11.1 Å². The molecular weight excluding hydrogens is 244 g/mol. The molecule has 0 aromatic carbocycles. The Hall–Kier alpha value is -2.11. The number of nitrogens with two attached hydrogens (primary N) is 1. The van der Waals surface area contributed by atoms with E-state index in [1.54, 1.807) is 19.2 Å². The van der Waals surface area contributed by atoms with E-state index in [9.17, 15) is 9.59 Å². The van der Waals surface area contributed by atoms with Crippen LogP contribution < -0.4 is 11.1 Å².